The standard InChI is InChI=1S/C33H26Br2O5/c1-20(2)25-18-30(40-33-27(34)15-23(16-28(33)35)17-31(36)37)26(19-29(25)39-3)32(38)24-11-7-10-22(14-24)13-12-21-8-5-4-6-9-21/h4-11,14-16,18-20H,17H2,1-3H3,(H,36,37). The van der Waals surface area contributed by atoms with E-state index in [4.69, 9.17) is 9.47 Å². The maximum Gasteiger partial charge on any atom is 0.307 e. The first kappa shape index (κ1) is 29.1. The average Bonchev–Trinajstić information content (AvgIpc) is 2.93. The lowest BCUT2D eigenvalue weighted by atomic mass is 9.95. The molecular formula is C33H26Br2O5. The van der Waals surface area contributed by atoms with Crippen molar-refractivity contribution in [2.75, 3.05) is 7.11 Å². The highest BCUT2D eigenvalue weighted by atomic mass is 79.9. The quantitative estimate of drug-likeness (QED) is 0.152. The van der Waals surface area contributed by atoms with E-state index >= 15 is 0 Å². The fourth-order valence-corrected chi connectivity index (χ4v) is 5.56. The topological polar surface area (TPSA) is 72.8 Å². The average molecular weight is 662 g/mol. The van der Waals surface area contributed by atoms with Gasteiger partial charge in [0.25, 0.3) is 0 Å². The highest BCUT2D eigenvalue weighted by molar-refractivity contribution is 9.11. The third-order valence-corrected chi connectivity index (χ3v) is 7.25. The molecule has 40 heavy (non-hydrogen) atoms. The first-order chi connectivity index (χ1) is 19.2. The third kappa shape index (κ3) is 7.01. The minimum atomic E-state index is -0.937. The monoisotopic (exact) mass is 660 g/mol. The molecule has 4 aromatic carbocycles. The second-order valence-corrected chi connectivity index (χ2v) is 11.0. The molecule has 7 heteroatoms. The van der Waals surface area contributed by atoms with E-state index in [1.54, 1.807) is 43.5 Å². The molecule has 0 heterocycles. The van der Waals surface area contributed by atoms with E-state index in [0.29, 0.717) is 48.4 Å². The molecule has 4 aromatic rings. The largest absolute Gasteiger partial charge is 0.496 e. The molecule has 0 aliphatic heterocycles. The van der Waals surface area contributed by atoms with Crippen molar-refractivity contribution in [3.05, 3.63) is 121 Å². The highest BCUT2D eigenvalue weighted by Gasteiger charge is 2.23. The van der Waals surface area contributed by atoms with Crippen molar-refractivity contribution in [2.24, 2.45) is 0 Å². The molecule has 0 saturated heterocycles. The summed E-state index contributed by atoms with van der Waals surface area (Å²) in [4.78, 5) is 25.1. The second kappa shape index (κ2) is 13.0. The Morgan fingerprint density at radius 3 is 2.12 bits per heavy atom. The van der Waals surface area contributed by atoms with E-state index < -0.39 is 5.97 Å². The summed E-state index contributed by atoms with van der Waals surface area (Å²) in [5.41, 5.74) is 3.85. The van der Waals surface area contributed by atoms with Crippen molar-refractivity contribution in [1.82, 2.24) is 0 Å². The van der Waals surface area contributed by atoms with E-state index in [-0.39, 0.29) is 18.1 Å². The molecule has 0 fully saturated rings. The van der Waals surface area contributed by atoms with Gasteiger partial charge in [-0.3, -0.25) is 9.59 Å². The number of aliphatic carboxylic acids is 1. The number of benzene rings is 4. The Balaban J connectivity index is 1.77. The van der Waals surface area contributed by atoms with E-state index in [1.165, 1.54) is 0 Å². The Morgan fingerprint density at radius 2 is 1.50 bits per heavy atom. The predicted octanol–water partition coefficient (Wildman–Crippen LogP) is 8.39. The second-order valence-electron chi connectivity index (χ2n) is 9.33. The number of carboxylic acids is 1. The van der Waals surface area contributed by atoms with Crippen LogP contribution in [0.15, 0.2) is 87.8 Å². The maximum atomic E-state index is 13.9. The van der Waals surface area contributed by atoms with Gasteiger partial charge in [-0.1, -0.05) is 56.0 Å². The number of carbonyl (C=O) groups is 2. The number of carboxylic acid groups (broad SMARTS) is 1. The number of carbonyl (C=O) groups excluding carboxylic acids is 1. The smallest absolute Gasteiger partial charge is 0.307 e. The number of ether oxygens (including phenoxy) is 2. The van der Waals surface area contributed by atoms with Crippen LogP contribution in [-0.2, 0) is 11.2 Å². The van der Waals surface area contributed by atoms with Gasteiger partial charge in [0.15, 0.2) is 11.5 Å². The van der Waals surface area contributed by atoms with Crippen molar-refractivity contribution in [1.29, 1.82) is 0 Å². The number of hydrogen-bond acceptors (Lipinski definition) is 4. The minimum Gasteiger partial charge on any atom is -0.496 e. The molecule has 0 saturated carbocycles. The van der Waals surface area contributed by atoms with Crippen LogP contribution in [0.3, 0.4) is 0 Å². The molecule has 0 spiro atoms. The lowest BCUT2D eigenvalue weighted by Crippen LogP contribution is -2.07. The van der Waals surface area contributed by atoms with Crippen LogP contribution in [0.2, 0.25) is 0 Å². The zero-order chi connectivity index (χ0) is 28.8. The summed E-state index contributed by atoms with van der Waals surface area (Å²) < 4.78 is 13.1. The molecule has 0 unspecified atom stereocenters. The zero-order valence-electron chi connectivity index (χ0n) is 22.1. The lowest BCUT2D eigenvalue weighted by molar-refractivity contribution is -0.136. The summed E-state index contributed by atoms with van der Waals surface area (Å²) in [6.07, 6.45) is -0.134. The number of halogens is 2. The highest BCUT2D eigenvalue weighted by Crippen LogP contribution is 2.42. The van der Waals surface area contributed by atoms with E-state index in [0.717, 1.165) is 11.1 Å². The van der Waals surface area contributed by atoms with Gasteiger partial charge in [0.1, 0.15) is 11.5 Å². The molecule has 4 rings (SSSR count). The van der Waals surface area contributed by atoms with Crippen molar-refractivity contribution < 1.29 is 24.2 Å². The van der Waals surface area contributed by atoms with Gasteiger partial charge in [0.05, 0.1) is 28.0 Å². The molecule has 0 aliphatic rings. The molecule has 0 aromatic heterocycles. The van der Waals surface area contributed by atoms with Gasteiger partial charge in [0, 0.05) is 22.3 Å². The molecule has 202 valence electrons. The van der Waals surface area contributed by atoms with Gasteiger partial charge in [-0.05, 0) is 91.9 Å². The Labute approximate surface area is 250 Å². The summed E-state index contributed by atoms with van der Waals surface area (Å²) in [5, 5.41) is 9.18. The van der Waals surface area contributed by atoms with Crippen LogP contribution in [0, 0.1) is 11.8 Å². The van der Waals surface area contributed by atoms with Gasteiger partial charge in [-0.25, -0.2) is 0 Å². The van der Waals surface area contributed by atoms with Crippen molar-refractivity contribution >= 4 is 43.6 Å². The Kier molecular flexibility index (Phi) is 9.46. The minimum absolute atomic E-state index is 0.0999. The van der Waals surface area contributed by atoms with Gasteiger partial charge in [0.2, 0.25) is 0 Å². The van der Waals surface area contributed by atoms with Gasteiger partial charge in [-0.15, -0.1) is 0 Å². The molecule has 5 nitrogen and oxygen atoms in total. The van der Waals surface area contributed by atoms with Crippen LogP contribution in [0.5, 0.6) is 17.2 Å². The molecular weight excluding hydrogens is 636 g/mol. The number of rotatable bonds is 8. The Hall–Kier alpha value is -3.86. The molecule has 0 radical (unpaired) electrons. The van der Waals surface area contributed by atoms with Gasteiger partial charge < -0.3 is 14.6 Å². The van der Waals surface area contributed by atoms with Crippen LogP contribution < -0.4 is 9.47 Å². The Morgan fingerprint density at radius 1 is 0.850 bits per heavy atom. The molecule has 1 N–H and O–H groups in total. The van der Waals surface area contributed by atoms with E-state index in [9.17, 15) is 14.7 Å². The molecule has 0 atom stereocenters. The van der Waals surface area contributed by atoms with Gasteiger partial charge >= 0.3 is 5.97 Å². The lowest BCUT2D eigenvalue weighted by Gasteiger charge is -2.19. The summed E-state index contributed by atoms with van der Waals surface area (Å²) in [6, 6.07) is 23.7. The fourth-order valence-electron chi connectivity index (χ4n) is 4.12. The van der Waals surface area contributed by atoms with Crippen molar-refractivity contribution in [3.8, 4) is 29.1 Å². The van der Waals surface area contributed by atoms with Crippen molar-refractivity contribution in [3.63, 3.8) is 0 Å². The van der Waals surface area contributed by atoms with Crippen LogP contribution in [0.1, 0.15) is 57.9 Å². The Bertz CT molecular complexity index is 1610. The van der Waals surface area contributed by atoms with Crippen molar-refractivity contribution in [2.45, 2.75) is 26.2 Å². The fraction of sp³-hybridized carbons (Fsp3) is 0.152. The predicted molar refractivity (Wildman–Crippen MR) is 163 cm³/mol. The molecule has 0 amide bonds. The van der Waals surface area contributed by atoms with Crippen LogP contribution in [-0.4, -0.2) is 24.0 Å². The molecule has 0 aliphatic carbocycles. The summed E-state index contributed by atoms with van der Waals surface area (Å²) >= 11 is 7.00. The van der Waals surface area contributed by atoms with Crippen LogP contribution in [0.4, 0.5) is 0 Å². The summed E-state index contributed by atoms with van der Waals surface area (Å²) in [7, 11) is 1.57. The number of hydrogen-bond donors (Lipinski definition) is 1. The summed E-state index contributed by atoms with van der Waals surface area (Å²) in [5.74, 6) is 6.52. The molecule has 0 bridgehead atoms. The first-order valence-electron chi connectivity index (χ1n) is 12.5. The third-order valence-electron chi connectivity index (χ3n) is 6.07. The zero-order valence-corrected chi connectivity index (χ0v) is 25.3. The van der Waals surface area contributed by atoms with E-state index in [1.807, 2.05) is 56.3 Å². The normalized spacial score (nSPS) is 10.6. The first-order valence-corrected chi connectivity index (χ1v) is 14.1. The van der Waals surface area contributed by atoms with E-state index in [2.05, 4.69) is 43.7 Å². The number of ketones is 1. The maximum absolute atomic E-state index is 13.9. The SMILES string of the molecule is COc1cc(C(=O)c2cccc(C#Cc3ccccc3)c2)c(Oc2c(Br)cc(CC(=O)O)cc2Br)cc1C(C)C. The number of methoxy groups -OCH3 is 1. The van der Waals surface area contributed by atoms with Crippen LogP contribution >= 0.6 is 31.9 Å². The van der Waals surface area contributed by atoms with Crippen LogP contribution in [0.25, 0.3) is 0 Å². The van der Waals surface area contributed by atoms with Gasteiger partial charge in [-0.2, -0.15) is 0 Å². The summed E-state index contributed by atoms with van der Waals surface area (Å²) in [6.45, 7) is 4.06.